The van der Waals surface area contributed by atoms with E-state index in [1.54, 1.807) is 6.20 Å². The van der Waals surface area contributed by atoms with Crippen LogP contribution in [0.1, 0.15) is 17.2 Å². The van der Waals surface area contributed by atoms with E-state index in [-0.39, 0.29) is 6.04 Å². The van der Waals surface area contributed by atoms with Gasteiger partial charge in [-0.05, 0) is 56.4 Å². The molecule has 1 heterocycles. The van der Waals surface area contributed by atoms with E-state index in [1.807, 2.05) is 30.3 Å². The quantitative estimate of drug-likeness (QED) is 0.663. The number of aromatic nitrogens is 1. The van der Waals surface area contributed by atoms with Gasteiger partial charge in [0.2, 0.25) is 0 Å². The first-order valence-corrected chi connectivity index (χ1v) is 8.64. The van der Waals surface area contributed by atoms with Gasteiger partial charge in [-0.1, -0.05) is 29.8 Å². The molecule has 1 atom stereocenters. The van der Waals surface area contributed by atoms with E-state index in [4.69, 9.17) is 17.3 Å². The fraction of sp³-hybridized carbons (Fsp3) is 0.250. The molecule has 3 aromatic rings. The van der Waals surface area contributed by atoms with E-state index in [9.17, 15) is 0 Å². The van der Waals surface area contributed by atoms with E-state index >= 15 is 0 Å². The topological polar surface area (TPSA) is 54.2 Å². The molecule has 4 nitrogen and oxygen atoms in total. The van der Waals surface area contributed by atoms with Gasteiger partial charge >= 0.3 is 0 Å². The number of aryl methyl sites for hydroxylation is 1. The summed E-state index contributed by atoms with van der Waals surface area (Å²) < 4.78 is 0. The SMILES string of the molecule is Cc1ccc(N)c2ccnc(NCC(c3ccc(Cl)cc3)N(C)C)c12. The lowest BCUT2D eigenvalue weighted by molar-refractivity contribution is 0.311. The number of benzene rings is 2. The highest BCUT2D eigenvalue weighted by Crippen LogP contribution is 2.30. The summed E-state index contributed by atoms with van der Waals surface area (Å²) in [5.41, 5.74) is 9.27. The number of nitrogens with zero attached hydrogens (tertiary/aromatic N) is 2. The second-order valence-electron chi connectivity index (χ2n) is 6.47. The van der Waals surface area contributed by atoms with Crippen molar-refractivity contribution < 1.29 is 0 Å². The second kappa shape index (κ2) is 7.30. The third kappa shape index (κ3) is 3.70. The predicted octanol–water partition coefficient (Wildman–Crippen LogP) is 4.49. The minimum Gasteiger partial charge on any atom is -0.398 e. The van der Waals surface area contributed by atoms with Crippen LogP contribution in [0.15, 0.2) is 48.7 Å². The number of rotatable bonds is 5. The summed E-state index contributed by atoms with van der Waals surface area (Å²) in [6.45, 7) is 2.81. The number of nitrogens with two attached hydrogens (primary N) is 1. The van der Waals surface area contributed by atoms with Crippen LogP contribution in [0, 0.1) is 6.92 Å². The number of anilines is 2. The number of hydrogen-bond donors (Lipinski definition) is 2. The molecule has 0 fully saturated rings. The molecule has 25 heavy (non-hydrogen) atoms. The molecule has 130 valence electrons. The molecular formula is C20H23ClN4. The number of nitrogen functional groups attached to an aromatic ring is 1. The predicted molar refractivity (Wildman–Crippen MR) is 107 cm³/mol. The minimum absolute atomic E-state index is 0.204. The summed E-state index contributed by atoms with van der Waals surface area (Å²) in [6.07, 6.45) is 1.80. The number of likely N-dealkylation sites (N-methyl/N-ethyl adjacent to an activating group) is 1. The van der Waals surface area contributed by atoms with Gasteiger partial charge in [-0.2, -0.15) is 0 Å². The van der Waals surface area contributed by atoms with Crippen molar-refractivity contribution in [3.05, 3.63) is 64.8 Å². The Morgan fingerprint density at radius 3 is 2.52 bits per heavy atom. The lowest BCUT2D eigenvalue weighted by Gasteiger charge is -2.26. The van der Waals surface area contributed by atoms with E-state index < -0.39 is 0 Å². The monoisotopic (exact) mass is 354 g/mol. The molecule has 3 N–H and O–H groups in total. The zero-order chi connectivity index (χ0) is 18.0. The van der Waals surface area contributed by atoms with Gasteiger partial charge < -0.3 is 16.0 Å². The summed E-state index contributed by atoms with van der Waals surface area (Å²) in [6, 6.07) is 14.1. The number of nitrogens with one attached hydrogen (secondary N) is 1. The number of halogens is 1. The Balaban J connectivity index is 1.90. The van der Waals surface area contributed by atoms with Crippen LogP contribution in [0.4, 0.5) is 11.5 Å². The van der Waals surface area contributed by atoms with Crippen LogP contribution in [-0.4, -0.2) is 30.5 Å². The van der Waals surface area contributed by atoms with Crippen molar-refractivity contribution >= 4 is 33.9 Å². The normalized spacial score (nSPS) is 12.5. The zero-order valence-corrected chi connectivity index (χ0v) is 15.5. The van der Waals surface area contributed by atoms with E-state index in [1.165, 1.54) is 5.56 Å². The molecular weight excluding hydrogens is 332 g/mol. The van der Waals surface area contributed by atoms with Crippen molar-refractivity contribution in [2.75, 3.05) is 31.7 Å². The van der Waals surface area contributed by atoms with E-state index in [2.05, 4.69) is 48.4 Å². The first-order chi connectivity index (χ1) is 12.0. The van der Waals surface area contributed by atoms with Crippen LogP contribution in [0.3, 0.4) is 0 Å². The molecule has 5 heteroatoms. The zero-order valence-electron chi connectivity index (χ0n) is 14.8. The highest BCUT2D eigenvalue weighted by molar-refractivity contribution is 6.30. The lowest BCUT2D eigenvalue weighted by atomic mass is 10.0. The highest BCUT2D eigenvalue weighted by atomic mass is 35.5. The Bertz CT molecular complexity index is 875. The molecule has 1 unspecified atom stereocenters. The molecule has 1 aromatic heterocycles. The molecule has 0 saturated carbocycles. The fourth-order valence-corrected chi connectivity index (χ4v) is 3.23. The van der Waals surface area contributed by atoms with Gasteiger partial charge in [-0.15, -0.1) is 0 Å². The molecule has 0 spiro atoms. The molecule has 0 amide bonds. The van der Waals surface area contributed by atoms with Crippen molar-refractivity contribution in [1.82, 2.24) is 9.88 Å². The Hall–Kier alpha value is -2.30. The summed E-state index contributed by atoms with van der Waals surface area (Å²) in [4.78, 5) is 6.72. The Labute approximate surface area is 153 Å². The number of pyridine rings is 1. The van der Waals surface area contributed by atoms with Crippen LogP contribution < -0.4 is 11.1 Å². The second-order valence-corrected chi connectivity index (χ2v) is 6.90. The van der Waals surface area contributed by atoms with Gasteiger partial charge in [0.1, 0.15) is 5.82 Å². The van der Waals surface area contributed by atoms with Crippen molar-refractivity contribution in [2.45, 2.75) is 13.0 Å². The first-order valence-electron chi connectivity index (χ1n) is 8.27. The van der Waals surface area contributed by atoms with Gasteiger partial charge in [-0.3, -0.25) is 0 Å². The van der Waals surface area contributed by atoms with Gasteiger partial charge in [0, 0.05) is 34.2 Å². The van der Waals surface area contributed by atoms with Gasteiger partial charge in [0.05, 0.1) is 6.04 Å². The van der Waals surface area contributed by atoms with Gasteiger partial charge in [0.15, 0.2) is 0 Å². The van der Waals surface area contributed by atoms with Crippen LogP contribution in [0.5, 0.6) is 0 Å². The van der Waals surface area contributed by atoms with E-state index in [0.29, 0.717) is 0 Å². The summed E-state index contributed by atoms with van der Waals surface area (Å²) in [5.74, 6) is 0.864. The Morgan fingerprint density at radius 2 is 1.84 bits per heavy atom. The molecule has 0 saturated heterocycles. The third-order valence-electron chi connectivity index (χ3n) is 4.51. The Kier molecular flexibility index (Phi) is 5.11. The summed E-state index contributed by atoms with van der Waals surface area (Å²) in [7, 11) is 4.14. The molecule has 0 radical (unpaired) electrons. The maximum absolute atomic E-state index is 6.13. The van der Waals surface area contributed by atoms with Crippen LogP contribution in [-0.2, 0) is 0 Å². The summed E-state index contributed by atoms with van der Waals surface area (Å²) in [5, 5.41) is 6.37. The fourth-order valence-electron chi connectivity index (χ4n) is 3.10. The third-order valence-corrected chi connectivity index (χ3v) is 4.76. The van der Waals surface area contributed by atoms with Crippen molar-refractivity contribution in [3.8, 4) is 0 Å². The van der Waals surface area contributed by atoms with Crippen molar-refractivity contribution in [2.24, 2.45) is 0 Å². The highest BCUT2D eigenvalue weighted by Gasteiger charge is 2.15. The maximum Gasteiger partial charge on any atom is 0.134 e. The molecule has 0 aliphatic carbocycles. The van der Waals surface area contributed by atoms with Crippen LogP contribution >= 0.6 is 11.6 Å². The van der Waals surface area contributed by atoms with E-state index in [0.717, 1.165) is 39.4 Å². The number of fused-ring (bicyclic) bond motifs is 1. The largest absolute Gasteiger partial charge is 0.398 e. The summed E-state index contributed by atoms with van der Waals surface area (Å²) >= 11 is 6.02. The Morgan fingerprint density at radius 1 is 1.12 bits per heavy atom. The van der Waals surface area contributed by atoms with Crippen LogP contribution in [0.25, 0.3) is 10.8 Å². The molecule has 0 bridgehead atoms. The molecule has 3 rings (SSSR count). The van der Waals surface area contributed by atoms with Gasteiger partial charge in [0.25, 0.3) is 0 Å². The maximum atomic E-state index is 6.13. The molecule has 0 aliphatic rings. The molecule has 2 aromatic carbocycles. The average Bonchev–Trinajstić information content (AvgIpc) is 2.59. The van der Waals surface area contributed by atoms with Gasteiger partial charge in [-0.25, -0.2) is 4.98 Å². The van der Waals surface area contributed by atoms with Crippen LogP contribution in [0.2, 0.25) is 5.02 Å². The molecule has 0 aliphatic heterocycles. The lowest BCUT2D eigenvalue weighted by Crippen LogP contribution is -2.27. The average molecular weight is 355 g/mol. The van der Waals surface area contributed by atoms with Crippen molar-refractivity contribution in [3.63, 3.8) is 0 Å². The number of hydrogen-bond acceptors (Lipinski definition) is 4. The first kappa shape index (κ1) is 17.5. The smallest absolute Gasteiger partial charge is 0.134 e. The minimum atomic E-state index is 0.204. The van der Waals surface area contributed by atoms with Crippen molar-refractivity contribution in [1.29, 1.82) is 0 Å². The standard InChI is InChI=1S/C20H23ClN4/c1-13-4-9-17(22)16-10-11-23-20(19(13)16)24-12-18(25(2)3)14-5-7-15(21)8-6-14/h4-11,18H,12,22H2,1-3H3,(H,23,24).